The van der Waals surface area contributed by atoms with E-state index in [1.807, 2.05) is 55.5 Å². The number of halogens is 2. The molecule has 0 spiro atoms. The quantitative estimate of drug-likeness (QED) is 0.276. The van der Waals surface area contributed by atoms with Crippen molar-refractivity contribution in [1.29, 1.82) is 0 Å². The number of carbonyl (C=O) groups is 2. The summed E-state index contributed by atoms with van der Waals surface area (Å²) in [5.74, 6) is -1.05. The fourth-order valence-corrected chi connectivity index (χ4v) is 5.10. The van der Waals surface area contributed by atoms with Crippen LogP contribution in [-0.2, 0) is 6.54 Å². The molecular weight excluding hydrogens is 557 g/mol. The van der Waals surface area contributed by atoms with E-state index in [1.165, 1.54) is 18.5 Å². The fraction of sp³-hybridized carbons (Fsp3) is 0.129. The van der Waals surface area contributed by atoms with Crippen molar-refractivity contribution >= 4 is 35.1 Å². The minimum absolute atomic E-state index is 0.0772. The Kier molecular flexibility index (Phi) is 7.37. The largest absolute Gasteiger partial charge is 0.344 e. The highest BCUT2D eigenvalue weighted by molar-refractivity contribution is 6.30. The van der Waals surface area contributed by atoms with Gasteiger partial charge >= 0.3 is 0 Å². The first-order chi connectivity index (χ1) is 20.4. The molecule has 0 saturated carbocycles. The van der Waals surface area contributed by atoms with E-state index in [9.17, 15) is 14.0 Å². The number of rotatable bonds is 6. The highest BCUT2D eigenvalue weighted by atomic mass is 35.5. The van der Waals surface area contributed by atoms with E-state index in [4.69, 9.17) is 16.7 Å². The van der Waals surface area contributed by atoms with Gasteiger partial charge in [-0.1, -0.05) is 54.1 Å². The zero-order valence-electron chi connectivity index (χ0n) is 22.5. The molecule has 11 heteroatoms. The van der Waals surface area contributed by atoms with Crippen LogP contribution in [0.3, 0.4) is 0 Å². The van der Waals surface area contributed by atoms with E-state index in [0.717, 1.165) is 11.1 Å². The van der Waals surface area contributed by atoms with Crippen molar-refractivity contribution in [2.75, 3.05) is 6.54 Å². The van der Waals surface area contributed by atoms with Gasteiger partial charge in [0.15, 0.2) is 5.69 Å². The molecule has 0 bridgehead atoms. The first-order valence-electron chi connectivity index (χ1n) is 13.2. The molecule has 0 aliphatic carbocycles. The minimum atomic E-state index is -0.384. The normalized spacial score (nSPS) is 14.5. The molecule has 2 N–H and O–H groups in total. The second-order valence-electron chi connectivity index (χ2n) is 9.89. The monoisotopic (exact) mass is 581 g/mol. The molecule has 0 saturated heterocycles. The number of carbonyl (C=O) groups excluding carboxylic acids is 2. The van der Waals surface area contributed by atoms with Gasteiger partial charge in [0.05, 0.1) is 24.0 Å². The van der Waals surface area contributed by atoms with Crippen molar-refractivity contribution in [3.8, 4) is 5.69 Å². The number of aromatic nitrogens is 5. The van der Waals surface area contributed by atoms with Crippen LogP contribution in [0.25, 0.3) is 17.3 Å². The number of nitrogens with zero attached hydrogens (tertiary/aromatic N) is 5. The molecule has 3 heterocycles. The van der Waals surface area contributed by atoms with Crippen LogP contribution in [-0.4, -0.2) is 48.2 Å². The second-order valence-corrected chi connectivity index (χ2v) is 10.3. The Morgan fingerprint density at radius 3 is 2.45 bits per heavy atom. The molecule has 9 nitrogen and oxygen atoms in total. The van der Waals surface area contributed by atoms with E-state index >= 15 is 0 Å². The van der Waals surface area contributed by atoms with Crippen molar-refractivity contribution < 1.29 is 14.0 Å². The van der Waals surface area contributed by atoms with Crippen LogP contribution in [0.5, 0.6) is 0 Å². The molecule has 0 unspecified atom stereocenters. The predicted octanol–water partition coefficient (Wildman–Crippen LogP) is 5.47. The molecule has 210 valence electrons. The first kappa shape index (κ1) is 27.1. The van der Waals surface area contributed by atoms with Gasteiger partial charge in [0, 0.05) is 17.1 Å². The number of fused-ring (bicyclic) bond motifs is 1. The maximum absolute atomic E-state index is 13.8. The van der Waals surface area contributed by atoms with Gasteiger partial charge in [-0.15, -0.1) is 0 Å². The molecular formula is C31H25ClFN7O2. The molecule has 2 amide bonds. The summed E-state index contributed by atoms with van der Waals surface area (Å²) in [7, 11) is 0. The number of amides is 2. The fourth-order valence-electron chi connectivity index (χ4n) is 4.97. The number of aromatic amines is 1. The van der Waals surface area contributed by atoms with E-state index < -0.39 is 0 Å². The van der Waals surface area contributed by atoms with Crippen LogP contribution >= 0.6 is 11.6 Å². The molecule has 42 heavy (non-hydrogen) atoms. The van der Waals surface area contributed by atoms with Gasteiger partial charge in [-0.2, -0.15) is 10.2 Å². The molecule has 3 aromatic carbocycles. The zero-order valence-corrected chi connectivity index (χ0v) is 23.2. The number of hydrogen-bond acceptors (Lipinski definition) is 5. The summed E-state index contributed by atoms with van der Waals surface area (Å²) >= 11 is 6.17. The summed E-state index contributed by atoms with van der Waals surface area (Å²) < 4.78 is 15.4. The molecule has 5 aromatic rings. The Balaban J connectivity index is 1.49. The van der Waals surface area contributed by atoms with Gasteiger partial charge in [-0.05, 0) is 66.1 Å². The van der Waals surface area contributed by atoms with Crippen LogP contribution in [0.15, 0.2) is 85.2 Å². The van der Waals surface area contributed by atoms with E-state index in [-0.39, 0.29) is 48.3 Å². The number of hydrogen-bond donors (Lipinski definition) is 2. The summed E-state index contributed by atoms with van der Waals surface area (Å²) in [6, 6.07) is 22.5. The topological polar surface area (TPSA) is 109 Å². The zero-order chi connectivity index (χ0) is 29.2. The molecule has 0 fully saturated rings. The van der Waals surface area contributed by atoms with Crippen LogP contribution in [0.1, 0.15) is 56.5 Å². The Bertz CT molecular complexity index is 1770. The molecule has 2 aromatic heterocycles. The first-order valence-corrected chi connectivity index (χ1v) is 13.6. The highest BCUT2D eigenvalue weighted by Gasteiger charge is 2.35. The predicted molar refractivity (Wildman–Crippen MR) is 156 cm³/mol. The smallest absolute Gasteiger partial charge is 0.291 e. The van der Waals surface area contributed by atoms with Crippen molar-refractivity contribution in [2.45, 2.75) is 19.5 Å². The average molecular weight is 582 g/mol. The van der Waals surface area contributed by atoms with Crippen LogP contribution in [0.4, 0.5) is 4.39 Å². The van der Waals surface area contributed by atoms with Crippen molar-refractivity contribution in [3.63, 3.8) is 0 Å². The van der Waals surface area contributed by atoms with Crippen LogP contribution in [0.2, 0.25) is 5.02 Å². The number of H-pyrrole nitrogens is 1. The van der Waals surface area contributed by atoms with Gasteiger partial charge in [0.2, 0.25) is 5.82 Å². The lowest BCUT2D eigenvalue weighted by molar-refractivity contribution is 0.0746. The Hall–Kier alpha value is -5.09. The number of benzene rings is 3. The maximum Gasteiger partial charge on any atom is 0.291 e. The van der Waals surface area contributed by atoms with Gasteiger partial charge in [-0.3, -0.25) is 14.7 Å². The average Bonchev–Trinajstić information content (AvgIpc) is 3.68. The standard InChI is InChI=1S/C31H25ClFN7O2/c1-19(21-5-3-2-4-6-21)36-30(41)27-26-17-39(31(42)29-34-18-35-37-29)16-22(15-20-7-11-24(33)12-8-20)28(26)40(38-27)25-13-9-23(32)10-14-25/h2-15,18-19H,16-17H2,1H3,(H,36,41)(H,34,35,37)/b22-15+/t19-/m1/s1. The summed E-state index contributed by atoms with van der Waals surface area (Å²) in [4.78, 5) is 32.8. The third-order valence-corrected chi connectivity index (χ3v) is 7.30. The maximum atomic E-state index is 13.8. The minimum Gasteiger partial charge on any atom is -0.344 e. The lowest BCUT2D eigenvalue weighted by Crippen LogP contribution is -2.37. The van der Waals surface area contributed by atoms with Crippen molar-refractivity contribution in [2.24, 2.45) is 0 Å². The lowest BCUT2D eigenvalue weighted by Gasteiger charge is -2.29. The molecule has 1 aliphatic heterocycles. The summed E-state index contributed by atoms with van der Waals surface area (Å²) in [6.07, 6.45) is 3.13. The van der Waals surface area contributed by atoms with Gasteiger partial charge in [-0.25, -0.2) is 14.1 Å². The summed E-state index contributed by atoms with van der Waals surface area (Å²) in [5, 5.41) is 14.8. The number of nitrogens with one attached hydrogen (secondary N) is 2. The Labute approximate surface area is 245 Å². The SMILES string of the molecule is C[C@@H](NC(=O)c1nn(-c2ccc(Cl)cc2)c2c1CN(C(=O)c1ncn[nH]1)C/C2=C\c1ccc(F)cc1)c1ccccc1. The van der Waals surface area contributed by atoms with E-state index in [0.29, 0.717) is 27.5 Å². The van der Waals surface area contributed by atoms with Gasteiger partial charge in [0.1, 0.15) is 12.1 Å². The van der Waals surface area contributed by atoms with E-state index in [1.54, 1.807) is 33.8 Å². The van der Waals surface area contributed by atoms with Crippen molar-refractivity contribution in [3.05, 3.63) is 130 Å². The third-order valence-electron chi connectivity index (χ3n) is 7.05. The van der Waals surface area contributed by atoms with Crippen LogP contribution in [0, 0.1) is 5.82 Å². The van der Waals surface area contributed by atoms with Crippen molar-refractivity contribution in [1.82, 2.24) is 35.2 Å². The lowest BCUT2D eigenvalue weighted by atomic mass is 9.97. The second kappa shape index (κ2) is 11.4. The molecule has 1 aliphatic rings. The Morgan fingerprint density at radius 1 is 1.02 bits per heavy atom. The van der Waals surface area contributed by atoms with Gasteiger partial charge in [0.25, 0.3) is 11.8 Å². The van der Waals surface area contributed by atoms with E-state index in [2.05, 4.69) is 20.5 Å². The third kappa shape index (κ3) is 5.44. The molecule has 6 rings (SSSR count). The Morgan fingerprint density at radius 2 is 1.76 bits per heavy atom. The summed E-state index contributed by atoms with van der Waals surface area (Å²) in [5.41, 5.74) is 4.47. The molecule has 1 atom stereocenters. The van der Waals surface area contributed by atoms with Gasteiger partial charge < -0.3 is 10.2 Å². The van der Waals surface area contributed by atoms with Crippen LogP contribution < -0.4 is 5.32 Å². The molecule has 0 radical (unpaired) electrons. The highest BCUT2D eigenvalue weighted by Crippen LogP contribution is 2.34. The summed E-state index contributed by atoms with van der Waals surface area (Å²) in [6.45, 7) is 2.19.